The molecule has 27 heavy (non-hydrogen) atoms. The van der Waals surface area contributed by atoms with Crippen molar-refractivity contribution >= 4 is 5.91 Å². The molecule has 1 N–H and O–H groups in total. The standard InChI is InChI=1S/C23H39FN2O/c1-22(2,3)5-7-26-6-4-19(20(24)15-26)14-25-21(27)23-11-16-8-17(12-23)10-18(9-16)13-23/h16-20H,4-15H2,1-3H3,(H,25,27)/t16?,17?,18?,19-,20-,23?/m1/s1. The topological polar surface area (TPSA) is 32.3 Å². The summed E-state index contributed by atoms with van der Waals surface area (Å²) >= 11 is 0. The Balaban J connectivity index is 1.25. The Kier molecular flexibility index (Phi) is 5.33. The van der Waals surface area contributed by atoms with Gasteiger partial charge in [-0.25, -0.2) is 4.39 Å². The van der Waals surface area contributed by atoms with Crippen molar-refractivity contribution in [3.63, 3.8) is 0 Å². The lowest BCUT2D eigenvalue weighted by Gasteiger charge is -2.55. The van der Waals surface area contributed by atoms with E-state index in [-0.39, 0.29) is 17.2 Å². The molecule has 5 fully saturated rings. The van der Waals surface area contributed by atoms with Crippen LogP contribution in [-0.4, -0.2) is 43.2 Å². The third-order valence-electron chi connectivity index (χ3n) is 7.98. The number of piperidine rings is 1. The smallest absolute Gasteiger partial charge is 0.226 e. The predicted octanol–water partition coefficient (Wildman–Crippen LogP) is 4.42. The number of carbonyl (C=O) groups is 1. The maximum atomic E-state index is 14.7. The Bertz CT molecular complexity index is 520. The molecule has 0 spiro atoms. The molecule has 3 nitrogen and oxygen atoms in total. The molecule has 1 heterocycles. The molecule has 4 aliphatic carbocycles. The van der Waals surface area contributed by atoms with Crippen LogP contribution in [0.3, 0.4) is 0 Å². The fraction of sp³-hybridized carbons (Fsp3) is 0.957. The molecule has 154 valence electrons. The molecule has 1 amide bonds. The van der Waals surface area contributed by atoms with Gasteiger partial charge in [0.15, 0.2) is 0 Å². The maximum Gasteiger partial charge on any atom is 0.226 e. The zero-order chi connectivity index (χ0) is 19.2. The van der Waals surface area contributed by atoms with Crippen molar-refractivity contribution in [1.29, 1.82) is 0 Å². The van der Waals surface area contributed by atoms with Crippen LogP contribution >= 0.6 is 0 Å². The zero-order valence-electron chi connectivity index (χ0n) is 17.6. The first-order chi connectivity index (χ1) is 12.7. The average Bonchev–Trinajstić information content (AvgIpc) is 2.57. The van der Waals surface area contributed by atoms with Gasteiger partial charge in [0.05, 0.1) is 0 Å². The van der Waals surface area contributed by atoms with E-state index in [0.717, 1.165) is 62.9 Å². The molecular weight excluding hydrogens is 339 g/mol. The first-order valence-electron chi connectivity index (χ1n) is 11.4. The molecule has 2 atom stereocenters. The van der Waals surface area contributed by atoms with Crippen LogP contribution < -0.4 is 5.32 Å². The molecule has 4 saturated carbocycles. The van der Waals surface area contributed by atoms with Crippen molar-refractivity contribution in [1.82, 2.24) is 10.2 Å². The summed E-state index contributed by atoms with van der Waals surface area (Å²) in [6, 6.07) is 0. The summed E-state index contributed by atoms with van der Waals surface area (Å²) in [6.07, 6.45) is 8.50. The van der Waals surface area contributed by atoms with Crippen LogP contribution in [0.25, 0.3) is 0 Å². The lowest BCUT2D eigenvalue weighted by atomic mass is 9.49. The van der Waals surface area contributed by atoms with E-state index in [9.17, 15) is 9.18 Å². The van der Waals surface area contributed by atoms with Gasteiger partial charge in [0, 0.05) is 24.4 Å². The third kappa shape index (κ3) is 4.36. The van der Waals surface area contributed by atoms with Crippen LogP contribution in [0.5, 0.6) is 0 Å². The third-order valence-corrected chi connectivity index (χ3v) is 7.98. The van der Waals surface area contributed by atoms with Crippen molar-refractivity contribution in [2.75, 3.05) is 26.2 Å². The molecule has 0 aromatic heterocycles. The number of halogens is 1. The van der Waals surface area contributed by atoms with Crippen molar-refractivity contribution in [2.24, 2.45) is 34.5 Å². The van der Waals surface area contributed by atoms with E-state index < -0.39 is 6.17 Å². The van der Waals surface area contributed by atoms with Crippen LogP contribution in [-0.2, 0) is 4.79 Å². The van der Waals surface area contributed by atoms with Gasteiger partial charge in [-0.2, -0.15) is 0 Å². The van der Waals surface area contributed by atoms with E-state index in [2.05, 4.69) is 31.0 Å². The van der Waals surface area contributed by atoms with E-state index in [1.807, 2.05) is 0 Å². The van der Waals surface area contributed by atoms with E-state index in [1.54, 1.807) is 0 Å². The van der Waals surface area contributed by atoms with Crippen molar-refractivity contribution in [3.05, 3.63) is 0 Å². The summed E-state index contributed by atoms with van der Waals surface area (Å²) in [7, 11) is 0. The highest BCUT2D eigenvalue weighted by molar-refractivity contribution is 5.83. The van der Waals surface area contributed by atoms with Crippen LogP contribution in [0, 0.1) is 34.5 Å². The molecule has 4 bridgehead atoms. The molecule has 0 aromatic carbocycles. The van der Waals surface area contributed by atoms with Gasteiger partial charge in [0.2, 0.25) is 5.91 Å². The van der Waals surface area contributed by atoms with Crippen molar-refractivity contribution in [2.45, 2.75) is 78.3 Å². The van der Waals surface area contributed by atoms with Crippen LogP contribution in [0.4, 0.5) is 4.39 Å². The van der Waals surface area contributed by atoms with E-state index in [1.165, 1.54) is 19.3 Å². The summed E-state index contributed by atoms with van der Waals surface area (Å²) < 4.78 is 14.7. The Labute approximate surface area is 164 Å². The number of nitrogens with zero attached hydrogens (tertiary/aromatic N) is 1. The van der Waals surface area contributed by atoms with Gasteiger partial charge in [-0.05, 0) is 87.6 Å². The number of alkyl halides is 1. The van der Waals surface area contributed by atoms with E-state index >= 15 is 0 Å². The largest absolute Gasteiger partial charge is 0.355 e. The molecule has 1 saturated heterocycles. The number of rotatable bonds is 5. The van der Waals surface area contributed by atoms with E-state index in [0.29, 0.717) is 18.5 Å². The first kappa shape index (κ1) is 19.7. The number of amides is 1. The van der Waals surface area contributed by atoms with Gasteiger partial charge in [-0.15, -0.1) is 0 Å². The number of nitrogens with one attached hydrogen (secondary N) is 1. The van der Waals surface area contributed by atoms with Gasteiger partial charge in [-0.3, -0.25) is 4.79 Å². The second kappa shape index (κ2) is 7.31. The Morgan fingerprint density at radius 1 is 1.11 bits per heavy atom. The Morgan fingerprint density at radius 2 is 1.70 bits per heavy atom. The lowest BCUT2D eigenvalue weighted by Crippen LogP contribution is -2.55. The van der Waals surface area contributed by atoms with Crippen LogP contribution in [0.1, 0.15) is 72.1 Å². The minimum Gasteiger partial charge on any atom is -0.355 e. The molecule has 5 aliphatic rings. The highest BCUT2D eigenvalue weighted by atomic mass is 19.1. The maximum absolute atomic E-state index is 14.7. The number of carbonyl (C=O) groups excluding carboxylic acids is 1. The molecule has 5 rings (SSSR count). The van der Waals surface area contributed by atoms with Gasteiger partial charge in [-0.1, -0.05) is 20.8 Å². The monoisotopic (exact) mass is 378 g/mol. The van der Waals surface area contributed by atoms with Gasteiger partial charge in [0.1, 0.15) is 6.17 Å². The molecule has 0 unspecified atom stereocenters. The summed E-state index contributed by atoms with van der Waals surface area (Å²) in [6.45, 7) is 9.75. The quantitative estimate of drug-likeness (QED) is 0.768. The molecule has 0 aromatic rings. The minimum atomic E-state index is -0.810. The van der Waals surface area contributed by atoms with Crippen molar-refractivity contribution < 1.29 is 9.18 Å². The lowest BCUT2D eigenvalue weighted by molar-refractivity contribution is -0.146. The molecule has 4 heteroatoms. The fourth-order valence-electron chi connectivity index (χ4n) is 6.74. The van der Waals surface area contributed by atoms with Crippen LogP contribution in [0.2, 0.25) is 0 Å². The highest BCUT2D eigenvalue weighted by Crippen LogP contribution is 2.60. The van der Waals surface area contributed by atoms with Crippen molar-refractivity contribution in [3.8, 4) is 0 Å². The number of hydrogen-bond donors (Lipinski definition) is 1. The normalized spacial score (nSPS) is 41.7. The summed E-state index contributed by atoms with van der Waals surface area (Å²) in [5.74, 6) is 2.59. The summed E-state index contributed by atoms with van der Waals surface area (Å²) in [5, 5.41) is 3.21. The van der Waals surface area contributed by atoms with Gasteiger partial charge < -0.3 is 10.2 Å². The number of likely N-dealkylation sites (tertiary alicyclic amines) is 1. The average molecular weight is 379 g/mol. The second-order valence-electron chi connectivity index (χ2n) is 11.6. The molecule has 0 radical (unpaired) electrons. The summed E-state index contributed by atoms with van der Waals surface area (Å²) in [4.78, 5) is 15.4. The zero-order valence-corrected chi connectivity index (χ0v) is 17.6. The first-order valence-corrected chi connectivity index (χ1v) is 11.4. The number of hydrogen-bond acceptors (Lipinski definition) is 2. The minimum absolute atomic E-state index is 0.00579. The summed E-state index contributed by atoms with van der Waals surface area (Å²) in [5.41, 5.74) is 0.197. The molecular formula is C23H39FN2O. The Morgan fingerprint density at radius 3 is 2.22 bits per heavy atom. The highest BCUT2D eigenvalue weighted by Gasteiger charge is 2.54. The SMILES string of the molecule is CC(C)(C)CCN1CC[C@H](CNC(=O)C23CC4CC(CC(C4)C2)C3)[C@H](F)C1. The second-order valence-corrected chi connectivity index (χ2v) is 11.6. The molecule has 1 aliphatic heterocycles. The predicted molar refractivity (Wildman–Crippen MR) is 107 cm³/mol. The van der Waals surface area contributed by atoms with Gasteiger partial charge >= 0.3 is 0 Å². The fourth-order valence-corrected chi connectivity index (χ4v) is 6.74. The van der Waals surface area contributed by atoms with E-state index in [4.69, 9.17) is 0 Å². The Hall–Kier alpha value is -0.640. The van der Waals surface area contributed by atoms with Gasteiger partial charge in [0.25, 0.3) is 0 Å². The van der Waals surface area contributed by atoms with Crippen LogP contribution in [0.15, 0.2) is 0 Å².